The SMILES string of the molecule is CCCN(COC)C(=O)n1cnc(S(=O)(=O)CCC)n1. The van der Waals surface area contributed by atoms with Crippen LogP contribution < -0.4 is 0 Å². The first-order valence-electron chi connectivity index (χ1n) is 6.38. The molecule has 0 aromatic carbocycles. The molecule has 20 heavy (non-hydrogen) atoms. The van der Waals surface area contributed by atoms with Gasteiger partial charge in [-0.05, 0) is 12.8 Å². The van der Waals surface area contributed by atoms with Crippen molar-refractivity contribution >= 4 is 15.9 Å². The Morgan fingerprint density at radius 3 is 2.65 bits per heavy atom. The fourth-order valence-corrected chi connectivity index (χ4v) is 2.77. The Labute approximate surface area is 118 Å². The predicted molar refractivity (Wildman–Crippen MR) is 72.0 cm³/mol. The lowest BCUT2D eigenvalue weighted by Crippen LogP contribution is -2.37. The van der Waals surface area contributed by atoms with Crippen LogP contribution in [0.2, 0.25) is 0 Å². The predicted octanol–water partition coefficient (Wildman–Crippen LogP) is 0.746. The molecule has 0 unspecified atom stereocenters. The van der Waals surface area contributed by atoms with Gasteiger partial charge in [-0.25, -0.2) is 18.2 Å². The van der Waals surface area contributed by atoms with E-state index in [0.717, 1.165) is 17.4 Å². The highest BCUT2D eigenvalue weighted by atomic mass is 32.2. The van der Waals surface area contributed by atoms with Gasteiger partial charge in [-0.15, -0.1) is 5.10 Å². The fraction of sp³-hybridized carbons (Fsp3) is 0.727. The Bertz CT molecular complexity index is 534. The van der Waals surface area contributed by atoms with Crippen LogP contribution in [0, 0.1) is 0 Å². The average molecular weight is 304 g/mol. The molecular weight excluding hydrogens is 284 g/mol. The number of carbonyl (C=O) groups is 1. The zero-order valence-electron chi connectivity index (χ0n) is 11.9. The summed E-state index contributed by atoms with van der Waals surface area (Å²) < 4.78 is 29.5. The molecule has 8 nitrogen and oxygen atoms in total. The molecule has 1 amide bonds. The number of sulfone groups is 1. The molecule has 0 fully saturated rings. The van der Waals surface area contributed by atoms with Gasteiger partial charge in [-0.2, -0.15) is 4.68 Å². The number of amides is 1. The van der Waals surface area contributed by atoms with Crippen LogP contribution in [0.5, 0.6) is 0 Å². The minimum Gasteiger partial charge on any atom is -0.364 e. The molecule has 114 valence electrons. The first-order valence-corrected chi connectivity index (χ1v) is 8.04. The maximum atomic E-state index is 12.1. The van der Waals surface area contributed by atoms with Crippen molar-refractivity contribution in [2.45, 2.75) is 31.8 Å². The summed E-state index contributed by atoms with van der Waals surface area (Å²) in [5.74, 6) is -0.0397. The summed E-state index contributed by atoms with van der Waals surface area (Å²) in [4.78, 5) is 17.3. The summed E-state index contributed by atoms with van der Waals surface area (Å²) in [5.41, 5.74) is 0. The first-order chi connectivity index (χ1) is 9.46. The van der Waals surface area contributed by atoms with Crippen molar-refractivity contribution in [2.24, 2.45) is 0 Å². The minimum atomic E-state index is -3.52. The molecule has 0 aliphatic carbocycles. The van der Waals surface area contributed by atoms with E-state index in [-0.39, 0.29) is 17.6 Å². The maximum Gasteiger partial charge on any atom is 0.348 e. The summed E-state index contributed by atoms with van der Waals surface area (Å²) in [7, 11) is -2.04. The van der Waals surface area contributed by atoms with Gasteiger partial charge in [0, 0.05) is 13.7 Å². The lowest BCUT2D eigenvalue weighted by molar-refractivity contribution is 0.0818. The van der Waals surface area contributed by atoms with E-state index in [1.54, 1.807) is 6.92 Å². The second-order valence-corrected chi connectivity index (χ2v) is 6.26. The normalized spacial score (nSPS) is 11.6. The molecule has 9 heteroatoms. The van der Waals surface area contributed by atoms with Crippen molar-refractivity contribution < 1.29 is 17.9 Å². The Morgan fingerprint density at radius 1 is 1.40 bits per heavy atom. The van der Waals surface area contributed by atoms with Crippen molar-refractivity contribution in [3.05, 3.63) is 6.33 Å². The van der Waals surface area contributed by atoms with E-state index in [0.29, 0.717) is 13.0 Å². The van der Waals surface area contributed by atoms with E-state index in [4.69, 9.17) is 4.74 Å². The smallest absolute Gasteiger partial charge is 0.348 e. The fourth-order valence-electron chi connectivity index (χ4n) is 1.63. The zero-order chi connectivity index (χ0) is 15.2. The van der Waals surface area contributed by atoms with Crippen molar-refractivity contribution in [3.8, 4) is 0 Å². The number of carbonyl (C=O) groups excluding carboxylic acids is 1. The highest BCUT2D eigenvalue weighted by molar-refractivity contribution is 7.91. The summed E-state index contributed by atoms with van der Waals surface area (Å²) in [6.07, 6.45) is 2.34. The number of ether oxygens (including phenoxy) is 1. The Kier molecular flexibility index (Phi) is 6.08. The molecule has 0 radical (unpaired) electrons. The maximum absolute atomic E-state index is 12.1. The van der Waals surface area contributed by atoms with Crippen LogP contribution in [0.1, 0.15) is 26.7 Å². The third-order valence-electron chi connectivity index (χ3n) is 2.47. The van der Waals surface area contributed by atoms with E-state index in [1.807, 2.05) is 6.92 Å². The summed E-state index contributed by atoms with van der Waals surface area (Å²) >= 11 is 0. The van der Waals surface area contributed by atoms with Crippen LogP contribution >= 0.6 is 0 Å². The van der Waals surface area contributed by atoms with Gasteiger partial charge in [0.05, 0.1) is 5.75 Å². The second-order valence-electron chi connectivity index (χ2n) is 4.25. The summed E-state index contributed by atoms with van der Waals surface area (Å²) in [6.45, 7) is 4.28. The zero-order valence-corrected chi connectivity index (χ0v) is 12.8. The number of hydrogen-bond donors (Lipinski definition) is 0. The highest BCUT2D eigenvalue weighted by Crippen LogP contribution is 2.06. The van der Waals surface area contributed by atoms with Gasteiger partial charge in [0.1, 0.15) is 13.1 Å². The highest BCUT2D eigenvalue weighted by Gasteiger charge is 2.22. The van der Waals surface area contributed by atoms with Crippen LogP contribution in [-0.4, -0.2) is 60.3 Å². The topological polar surface area (TPSA) is 94.4 Å². The van der Waals surface area contributed by atoms with E-state index in [9.17, 15) is 13.2 Å². The standard InChI is InChI=1S/C11H20N4O4S/c1-4-6-14(9-19-3)11(16)15-8-12-10(13-15)20(17,18)7-5-2/h8H,4-7,9H2,1-3H3. The molecule has 1 aromatic heterocycles. The second kappa shape index (κ2) is 7.34. The third kappa shape index (κ3) is 4.01. The average Bonchev–Trinajstić information content (AvgIpc) is 2.88. The van der Waals surface area contributed by atoms with Crippen molar-refractivity contribution in [3.63, 3.8) is 0 Å². The molecule has 0 bridgehead atoms. The number of hydrogen-bond acceptors (Lipinski definition) is 6. The van der Waals surface area contributed by atoms with Crippen molar-refractivity contribution in [1.82, 2.24) is 19.7 Å². The molecule has 0 saturated carbocycles. The van der Waals surface area contributed by atoms with Crippen LogP contribution in [0.3, 0.4) is 0 Å². The van der Waals surface area contributed by atoms with E-state index in [1.165, 1.54) is 12.0 Å². The molecule has 1 heterocycles. The van der Waals surface area contributed by atoms with E-state index >= 15 is 0 Å². The molecule has 1 rings (SSSR count). The van der Waals surface area contributed by atoms with Crippen LogP contribution in [-0.2, 0) is 14.6 Å². The Morgan fingerprint density at radius 2 is 2.10 bits per heavy atom. The minimum absolute atomic E-state index is 0.0397. The van der Waals surface area contributed by atoms with Crippen LogP contribution in [0.25, 0.3) is 0 Å². The van der Waals surface area contributed by atoms with Crippen LogP contribution in [0.4, 0.5) is 4.79 Å². The molecule has 0 N–H and O–H groups in total. The number of methoxy groups -OCH3 is 1. The monoisotopic (exact) mass is 304 g/mol. The van der Waals surface area contributed by atoms with Crippen LogP contribution in [0.15, 0.2) is 11.5 Å². The lowest BCUT2D eigenvalue weighted by atomic mass is 10.4. The van der Waals surface area contributed by atoms with Gasteiger partial charge in [-0.3, -0.25) is 4.90 Å². The molecule has 0 aliphatic rings. The molecular formula is C11H20N4O4S. The van der Waals surface area contributed by atoms with E-state index < -0.39 is 15.9 Å². The van der Waals surface area contributed by atoms with Gasteiger partial charge in [0.2, 0.25) is 9.84 Å². The molecule has 0 aliphatic heterocycles. The van der Waals surface area contributed by atoms with Gasteiger partial charge < -0.3 is 4.74 Å². The molecule has 0 saturated heterocycles. The Balaban J connectivity index is 2.93. The van der Waals surface area contributed by atoms with Gasteiger partial charge in [0.15, 0.2) is 0 Å². The Hall–Kier alpha value is -1.48. The van der Waals surface area contributed by atoms with Crippen molar-refractivity contribution in [2.75, 3.05) is 26.1 Å². The number of rotatable bonds is 7. The number of nitrogens with zero attached hydrogens (tertiary/aromatic N) is 4. The quantitative estimate of drug-likeness (QED) is 0.690. The largest absolute Gasteiger partial charge is 0.364 e. The molecule has 0 spiro atoms. The van der Waals surface area contributed by atoms with Crippen molar-refractivity contribution in [1.29, 1.82) is 0 Å². The number of aromatic nitrogens is 3. The summed E-state index contributed by atoms with van der Waals surface area (Å²) in [6, 6.07) is -0.459. The lowest BCUT2D eigenvalue weighted by Gasteiger charge is -2.19. The van der Waals surface area contributed by atoms with Gasteiger partial charge in [-0.1, -0.05) is 13.8 Å². The first kappa shape index (κ1) is 16.6. The van der Waals surface area contributed by atoms with Gasteiger partial charge in [0.25, 0.3) is 5.16 Å². The molecule has 0 atom stereocenters. The van der Waals surface area contributed by atoms with Gasteiger partial charge >= 0.3 is 6.03 Å². The summed E-state index contributed by atoms with van der Waals surface area (Å²) in [5, 5.41) is 3.44. The molecule has 1 aromatic rings. The third-order valence-corrected chi connectivity index (χ3v) is 4.16. The van der Waals surface area contributed by atoms with E-state index in [2.05, 4.69) is 10.1 Å².